The second-order valence-corrected chi connectivity index (χ2v) is 8.72. The predicted octanol–water partition coefficient (Wildman–Crippen LogP) is 4.38. The van der Waals surface area contributed by atoms with Gasteiger partial charge in [-0.05, 0) is 75.3 Å². The molecule has 2 aliphatic rings. The highest BCUT2D eigenvalue weighted by Gasteiger charge is 2.32. The first-order chi connectivity index (χ1) is 14.2. The van der Waals surface area contributed by atoms with Gasteiger partial charge < -0.3 is 10.1 Å². The average Bonchev–Trinajstić information content (AvgIpc) is 3.26. The highest BCUT2D eigenvalue weighted by Crippen LogP contribution is 2.34. The summed E-state index contributed by atoms with van der Waals surface area (Å²) in [6, 6.07) is 4.09. The minimum atomic E-state index is 0.0174. The van der Waals surface area contributed by atoms with E-state index >= 15 is 0 Å². The molecule has 1 aromatic rings. The Kier molecular flexibility index (Phi) is 8.51. The maximum Gasteiger partial charge on any atom is 0.309 e. The van der Waals surface area contributed by atoms with Crippen LogP contribution < -0.4 is 5.32 Å². The van der Waals surface area contributed by atoms with Crippen LogP contribution in [0.4, 0.5) is 0 Å². The fourth-order valence-electron chi connectivity index (χ4n) is 4.78. The SMILES string of the molecule is CNC(=O)CCc1ccc(CC[C@H](C(=O)OC2CCCC2)C2CCCCC2)cn1. The number of aromatic nitrogens is 1. The van der Waals surface area contributed by atoms with Crippen LogP contribution in [0.5, 0.6) is 0 Å². The summed E-state index contributed by atoms with van der Waals surface area (Å²) in [5.74, 6) is 0.562. The average molecular weight is 401 g/mol. The monoisotopic (exact) mass is 400 g/mol. The van der Waals surface area contributed by atoms with Crippen molar-refractivity contribution in [3.63, 3.8) is 0 Å². The zero-order chi connectivity index (χ0) is 20.5. The van der Waals surface area contributed by atoms with Crippen LogP contribution >= 0.6 is 0 Å². The molecule has 5 heteroatoms. The number of amides is 1. The minimum absolute atomic E-state index is 0.0174. The molecule has 2 saturated carbocycles. The predicted molar refractivity (Wildman–Crippen MR) is 113 cm³/mol. The first kappa shape index (κ1) is 21.8. The molecule has 1 heterocycles. The first-order valence-electron chi connectivity index (χ1n) is 11.5. The third kappa shape index (κ3) is 6.83. The van der Waals surface area contributed by atoms with Gasteiger partial charge in [-0.1, -0.05) is 25.3 Å². The van der Waals surface area contributed by atoms with Gasteiger partial charge in [0, 0.05) is 25.4 Å². The molecule has 160 valence electrons. The molecule has 5 nitrogen and oxygen atoms in total. The van der Waals surface area contributed by atoms with Crippen molar-refractivity contribution in [2.45, 2.75) is 89.6 Å². The number of hydrogen-bond acceptors (Lipinski definition) is 4. The van der Waals surface area contributed by atoms with Gasteiger partial charge in [0.1, 0.15) is 6.10 Å². The molecule has 1 N–H and O–H groups in total. The molecular formula is C24H36N2O3. The van der Waals surface area contributed by atoms with Gasteiger partial charge in [0.2, 0.25) is 5.91 Å². The number of aryl methyl sites for hydroxylation is 2. The Morgan fingerprint density at radius 1 is 1.07 bits per heavy atom. The summed E-state index contributed by atoms with van der Waals surface area (Å²) in [5.41, 5.74) is 2.09. The highest BCUT2D eigenvalue weighted by atomic mass is 16.5. The molecule has 0 radical (unpaired) electrons. The number of nitrogens with one attached hydrogen (secondary N) is 1. The molecule has 0 saturated heterocycles. The minimum Gasteiger partial charge on any atom is -0.462 e. The number of carbonyl (C=O) groups is 2. The van der Waals surface area contributed by atoms with Crippen molar-refractivity contribution in [3.8, 4) is 0 Å². The number of ether oxygens (including phenoxy) is 1. The molecule has 1 atom stereocenters. The van der Waals surface area contributed by atoms with Gasteiger partial charge in [0.25, 0.3) is 0 Å². The molecule has 2 fully saturated rings. The van der Waals surface area contributed by atoms with Crippen molar-refractivity contribution < 1.29 is 14.3 Å². The van der Waals surface area contributed by atoms with E-state index in [-0.39, 0.29) is 23.9 Å². The quantitative estimate of drug-likeness (QED) is 0.625. The van der Waals surface area contributed by atoms with Crippen LogP contribution in [0, 0.1) is 11.8 Å². The van der Waals surface area contributed by atoms with E-state index in [0.717, 1.165) is 49.8 Å². The molecule has 1 amide bonds. The summed E-state index contributed by atoms with van der Waals surface area (Å²) in [6.45, 7) is 0. The van der Waals surface area contributed by atoms with Gasteiger partial charge in [-0.3, -0.25) is 14.6 Å². The van der Waals surface area contributed by atoms with Crippen molar-refractivity contribution in [1.82, 2.24) is 10.3 Å². The molecule has 29 heavy (non-hydrogen) atoms. The summed E-state index contributed by atoms with van der Waals surface area (Å²) >= 11 is 0. The summed E-state index contributed by atoms with van der Waals surface area (Å²) in [5, 5.41) is 2.64. The first-order valence-corrected chi connectivity index (χ1v) is 11.5. The fourth-order valence-corrected chi connectivity index (χ4v) is 4.78. The summed E-state index contributed by atoms with van der Waals surface area (Å²) in [7, 11) is 1.65. The zero-order valence-electron chi connectivity index (χ0n) is 17.8. The third-order valence-corrected chi connectivity index (χ3v) is 6.62. The Balaban J connectivity index is 1.55. The molecule has 0 aliphatic heterocycles. The van der Waals surface area contributed by atoms with E-state index in [1.165, 1.54) is 32.1 Å². The number of esters is 1. The van der Waals surface area contributed by atoms with Crippen LogP contribution in [0.25, 0.3) is 0 Å². The molecule has 0 aromatic carbocycles. The van der Waals surface area contributed by atoms with E-state index in [9.17, 15) is 9.59 Å². The Morgan fingerprint density at radius 2 is 1.79 bits per heavy atom. The van der Waals surface area contributed by atoms with Crippen molar-refractivity contribution >= 4 is 11.9 Å². The lowest BCUT2D eigenvalue weighted by Crippen LogP contribution is -2.30. The number of carbonyl (C=O) groups excluding carboxylic acids is 2. The largest absolute Gasteiger partial charge is 0.462 e. The van der Waals surface area contributed by atoms with E-state index in [2.05, 4.69) is 16.4 Å². The number of rotatable bonds is 9. The maximum absolute atomic E-state index is 13.0. The van der Waals surface area contributed by atoms with Gasteiger partial charge in [0.05, 0.1) is 5.92 Å². The van der Waals surface area contributed by atoms with E-state index in [1.807, 2.05) is 12.3 Å². The van der Waals surface area contributed by atoms with E-state index in [0.29, 0.717) is 18.8 Å². The van der Waals surface area contributed by atoms with Crippen molar-refractivity contribution in [2.24, 2.45) is 11.8 Å². The second kappa shape index (κ2) is 11.3. The Bertz CT molecular complexity index is 647. The molecule has 0 spiro atoms. The van der Waals surface area contributed by atoms with E-state index in [4.69, 9.17) is 4.74 Å². The summed E-state index contributed by atoms with van der Waals surface area (Å²) in [4.78, 5) is 28.9. The third-order valence-electron chi connectivity index (χ3n) is 6.62. The summed E-state index contributed by atoms with van der Waals surface area (Å²) < 4.78 is 5.91. The van der Waals surface area contributed by atoms with Gasteiger partial charge >= 0.3 is 5.97 Å². The lowest BCUT2D eigenvalue weighted by atomic mass is 9.77. The van der Waals surface area contributed by atoms with Gasteiger partial charge in [-0.2, -0.15) is 0 Å². The highest BCUT2D eigenvalue weighted by molar-refractivity contribution is 5.75. The van der Waals surface area contributed by atoms with Crippen LogP contribution in [-0.4, -0.2) is 30.0 Å². The fraction of sp³-hybridized carbons (Fsp3) is 0.708. The molecule has 3 rings (SSSR count). The number of pyridine rings is 1. The Labute approximate surface area is 175 Å². The lowest BCUT2D eigenvalue weighted by Gasteiger charge is -2.29. The second-order valence-electron chi connectivity index (χ2n) is 8.72. The zero-order valence-corrected chi connectivity index (χ0v) is 17.8. The van der Waals surface area contributed by atoms with Crippen molar-refractivity contribution in [3.05, 3.63) is 29.6 Å². The number of nitrogens with zero attached hydrogens (tertiary/aromatic N) is 1. The Hall–Kier alpha value is -1.91. The molecule has 0 bridgehead atoms. The van der Waals surface area contributed by atoms with Crippen LogP contribution in [0.3, 0.4) is 0 Å². The lowest BCUT2D eigenvalue weighted by molar-refractivity contribution is -0.156. The number of hydrogen-bond donors (Lipinski definition) is 1. The van der Waals surface area contributed by atoms with Crippen molar-refractivity contribution in [2.75, 3.05) is 7.05 Å². The van der Waals surface area contributed by atoms with Crippen LogP contribution in [0.2, 0.25) is 0 Å². The molecule has 2 aliphatic carbocycles. The summed E-state index contributed by atoms with van der Waals surface area (Å²) in [6.07, 6.45) is 15.4. The standard InChI is InChI=1S/C24H36N2O3/c1-25-23(27)16-14-20-13-11-18(17-26-20)12-15-22(19-7-3-2-4-8-19)24(28)29-21-9-5-6-10-21/h11,13,17,19,21-22H,2-10,12,14-16H2,1H3,(H,25,27)/t22-/m0/s1. The smallest absolute Gasteiger partial charge is 0.309 e. The maximum atomic E-state index is 13.0. The van der Waals surface area contributed by atoms with Gasteiger partial charge in [0.15, 0.2) is 0 Å². The topological polar surface area (TPSA) is 68.3 Å². The van der Waals surface area contributed by atoms with Gasteiger partial charge in [-0.15, -0.1) is 0 Å². The molecule has 0 unspecified atom stereocenters. The van der Waals surface area contributed by atoms with Crippen LogP contribution in [-0.2, 0) is 27.2 Å². The molecular weight excluding hydrogens is 364 g/mol. The molecule has 1 aromatic heterocycles. The van der Waals surface area contributed by atoms with Crippen LogP contribution in [0.1, 0.15) is 81.9 Å². The van der Waals surface area contributed by atoms with Gasteiger partial charge in [-0.25, -0.2) is 0 Å². The van der Waals surface area contributed by atoms with Crippen LogP contribution in [0.15, 0.2) is 18.3 Å². The van der Waals surface area contributed by atoms with Crippen molar-refractivity contribution in [1.29, 1.82) is 0 Å². The Morgan fingerprint density at radius 3 is 2.45 bits per heavy atom. The normalized spacial score (nSPS) is 19.1. The van der Waals surface area contributed by atoms with E-state index < -0.39 is 0 Å². The van der Waals surface area contributed by atoms with E-state index in [1.54, 1.807) is 7.05 Å².